The Hall–Kier alpha value is -0.780. The molecule has 1 fully saturated rings. The third-order valence-electron chi connectivity index (χ3n) is 3.41. The highest BCUT2D eigenvalue weighted by molar-refractivity contribution is 7.89. The number of ether oxygens (including phenoxy) is 1. The second kappa shape index (κ2) is 6.78. The third-order valence-corrected chi connectivity index (χ3v) is 5.60. The van der Waals surface area contributed by atoms with E-state index < -0.39 is 10.0 Å². The fourth-order valence-electron chi connectivity index (χ4n) is 2.35. The number of hydrogen-bond donors (Lipinski definition) is 0. The van der Waals surface area contributed by atoms with Gasteiger partial charge in [0.25, 0.3) is 0 Å². The Labute approximate surface area is 125 Å². The molecule has 1 aromatic carbocycles. The first-order valence-corrected chi connectivity index (χ1v) is 8.80. The lowest BCUT2D eigenvalue weighted by Crippen LogP contribution is -2.31. The molecule has 0 aromatic heterocycles. The lowest BCUT2D eigenvalue weighted by molar-refractivity contribution is 0.340. The van der Waals surface area contributed by atoms with Crippen LogP contribution in [0, 0.1) is 0 Å². The molecule has 0 spiro atoms. The number of halogens is 1. The Morgan fingerprint density at radius 2 is 1.85 bits per heavy atom. The summed E-state index contributed by atoms with van der Waals surface area (Å²) in [7, 11) is -3.45. The number of rotatable bonds is 4. The molecule has 0 radical (unpaired) electrons. The van der Waals surface area contributed by atoms with E-state index in [0.717, 1.165) is 25.7 Å². The highest BCUT2D eigenvalue weighted by Gasteiger charge is 2.25. The van der Waals surface area contributed by atoms with E-state index in [4.69, 9.17) is 16.3 Å². The minimum absolute atomic E-state index is 0.243. The molecule has 0 N–H and O–H groups in total. The highest BCUT2D eigenvalue weighted by Crippen LogP contribution is 2.29. The minimum atomic E-state index is -3.45. The van der Waals surface area contributed by atoms with Gasteiger partial charge >= 0.3 is 0 Å². The molecule has 0 amide bonds. The Balaban J connectivity index is 2.26. The molecule has 112 valence electrons. The van der Waals surface area contributed by atoms with E-state index >= 15 is 0 Å². The molecule has 20 heavy (non-hydrogen) atoms. The first-order chi connectivity index (χ1) is 9.55. The number of nitrogens with zero attached hydrogens (tertiary/aromatic N) is 1. The Bertz CT molecular complexity index is 552. The fraction of sp³-hybridized carbons (Fsp3) is 0.571. The molecule has 0 unspecified atom stereocenters. The first-order valence-electron chi connectivity index (χ1n) is 6.98. The van der Waals surface area contributed by atoms with Gasteiger partial charge in [0.15, 0.2) is 0 Å². The summed E-state index contributed by atoms with van der Waals surface area (Å²) in [6.45, 7) is 3.54. The maximum atomic E-state index is 12.6. The quantitative estimate of drug-likeness (QED) is 0.856. The summed E-state index contributed by atoms with van der Waals surface area (Å²) in [6.07, 6.45) is 4.03. The van der Waals surface area contributed by atoms with Crippen LogP contribution in [-0.4, -0.2) is 32.4 Å². The predicted octanol–water partition coefficient (Wildman–Crippen LogP) is 3.30. The molecule has 0 saturated carbocycles. The summed E-state index contributed by atoms with van der Waals surface area (Å²) in [6, 6.07) is 4.67. The van der Waals surface area contributed by atoms with Crippen LogP contribution in [0.2, 0.25) is 5.02 Å². The minimum Gasteiger partial charge on any atom is -0.492 e. The molecular formula is C14H20ClNO3S. The van der Waals surface area contributed by atoms with Gasteiger partial charge in [0.1, 0.15) is 5.75 Å². The molecule has 6 heteroatoms. The van der Waals surface area contributed by atoms with Crippen molar-refractivity contribution in [2.24, 2.45) is 0 Å². The van der Waals surface area contributed by atoms with Crippen LogP contribution >= 0.6 is 11.6 Å². The molecular weight excluding hydrogens is 298 g/mol. The van der Waals surface area contributed by atoms with Crippen molar-refractivity contribution in [2.45, 2.75) is 37.5 Å². The van der Waals surface area contributed by atoms with Gasteiger partial charge in [-0.3, -0.25) is 0 Å². The van der Waals surface area contributed by atoms with E-state index in [2.05, 4.69) is 0 Å². The zero-order valence-corrected chi connectivity index (χ0v) is 13.2. The molecule has 1 heterocycles. The van der Waals surface area contributed by atoms with E-state index in [9.17, 15) is 8.42 Å². The van der Waals surface area contributed by atoms with Gasteiger partial charge in [-0.2, -0.15) is 4.31 Å². The molecule has 0 atom stereocenters. The van der Waals surface area contributed by atoms with Gasteiger partial charge in [-0.1, -0.05) is 24.4 Å². The summed E-state index contributed by atoms with van der Waals surface area (Å²) >= 11 is 6.08. The highest BCUT2D eigenvalue weighted by atomic mass is 35.5. The first kappa shape index (κ1) is 15.6. The smallest absolute Gasteiger partial charge is 0.243 e. The maximum Gasteiger partial charge on any atom is 0.243 e. The lowest BCUT2D eigenvalue weighted by atomic mass is 10.2. The third kappa shape index (κ3) is 3.45. The van der Waals surface area contributed by atoms with Crippen molar-refractivity contribution in [3.05, 3.63) is 23.2 Å². The van der Waals surface area contributed by atoms with Crippen molar-refractivity contribution in [3.63, 3.8) is 0 Å². The van der Waals surface area contributed by atoms with Crippen LogP contribution in [0.15, 0.2) is 23.1 Å². The molecule has 0 aliphatic carbocycles. The molecule has 1 saturated heterocycles. The topological polar surface area (TPSA) is 46.6 Å². The van der Waals surface area contributed by atoms with Gasteiger partial charge in [-0.25, -0.2) is 8.42 Å². The second-order valence-electron chi connectivity index (χ2n) is 4.84. The number of benzene rings is 1. The molecule has 1 aliphatic rings. The van der Waals surface area contributed by atoms with Crippen molar-refractivity contribution in [3.8, 4) is 5.75 Å². The summed E-state index contributed by atoms with van der Waals surface area (Å²) in [5.74, 6) is 0.518. The van der Waals surface area contributed by atoms with Crippen molar-refractivity contribution in [1.29, 1.82) is 0 Å². The van der Waals surface area contributed by atoms with Gasteiger partial charge in [-0.15, -0.1) is 0 Å². The van der Waals surface area contributed by atoms with Crippen molar-refractivity contribution < 1.29 is 13.2 Å². The summed E-state index contributed by atoms with van der Waals surface area (Å²) in [5.41, 5.74) is 0. The van der Waals surface area contributed by atoms with Crippen LogP contribution in [-0.2, 0) is 10.0 Å². The SMILES string of the molecule is CCOc1ccc(S(=O)(=O)N2CCCCCC2)cc1Cl. The summed E-state index contributed by atoms with van der Waals surface area (Å²) in [4.78, 5) is 0.243. The summed E-state index contributed by atoms with van der Waals surface area (Å²) < 4.78 is 32.1. The average molecular weight is 318 g/mol. The van der Waals surface area contributed by atoms with E-state index in [1.165, 1.54) is 6.07 Å². The van der Waals surface area contributed by atoms with Crippen LogP contribution in [0.25, 0.3) is 0 Å². The van der Waals surface area contributed by atoms with Gasteiger partial charge in [0.05, 0.1) is 16.5 Å². The second-order valence-corrected chi connectivity index (χ2v) is 7.19. The van der Waals surface area contributed by atoms with Gasteiger partial charge in [0, 0.05) is 13.1 Å². The van der Waals surface area contributed by atoms with Crippen LogP contribution < -0.4 is 4.74 Å². The monoisotopic (exact) mass is 317 g/mol. The Kier molecular flexibility index (Phi) is 5.29. The van der Waals surface area contributed by atoms with Crippen molar-refractivity contribution in [2.75, 3.05) is 19.7 Å². The van der Waals surface area contributed by atoms with Crippen molar-refractivity contribution in [1.82, 2.24) is 4.31 Å². The van der Waals surface area contributed by atoms with Gasteiger partial charge < -0.3 is 4.74 Å². The van der Waals surface area contributed by atoms with E-state index in [0.29, 0.717) is 30.5 Å². The lowest BCUT2D eigenvalue weighted by Gasteiger charge is -2.20. The van der Waals surface area contributed by atoms with Crippen molar-refractivity contribution >= 4 is 21.6 Å². The van der Waals surface area contributed by atoms with E-state index in [1.807, 2.05) is 6.92 Å². The van der Waals surface area contributed by atoms with Gasteiger partial charge in [-0.05, 0) is 38.0 Å². The Morgan fingerprint density at radius 1 is 1.20 bits per heavy atom. The zero-order valence-electron chi connectivity index (χ0n) is 11.6. The van der Waals surface area contributed by atoms with Crippen LogP contribution in [0.1, 0.15) is 32.6 Å². The largest absolute Gasteiger partial charge is 0.492 e. The molecule has 1 aromatic rings. The summed E-state index contributed by atoms with van der Waals surface area (Å²) in [5, 5.41) is 0.336. The van der Waals surface area contributed by atoms with Gasteiger partial charge in [0.2, 0.25) is 10.0 Å². The standard InChI is InChI=1S/C14H20ClNO3S/c1-2-19-14-8-7-12(11-13(14)15)20(17,18)16-9-5-3-4-6-10-16/h7-8,11H,2-6,9-10H2,1H3. The predicted molar refractivity (Wildman–Crippen MR) is 79.8 cm³/mol. The Morgan fingerprint density at radius 3 is 2.40 bits per heavy atom. The van der Waals surface area contributed by atoms with Crippen LogP contribution in [0.3, 0.4) is 0 Å². The van der Waals surface area contributed by atoms with E-state index in [1.54, 1.807) is 16.4 Å². The average Bonchev–Trinajstić information content (AvgIpc) is 2.70. The molecule has 0 bridgehead atoms. The number of hydrogen-bond acceptors (Lipinski definition) is 3. The van der Waals surface area contributed by atoms with Crippen LogP contribution in [0.5, 0.6) is 5.75 Å². The zero-order chi connectivity index (χ0) is 14.6. The van der Waals surface area contributed by atoms with Crippen LogP contribution in [0.4, 0.5) is 0 Å². The fourth-order valence-corrected chi connectivity index (χ4v) is 4.19. The van der Waals surface area contributed by atoms with E-state index in [-0.39, 0.29) is 4.90 Å². The molecule has 4 nitrogen and oxygen atoms in total. The maximum absolute atomic E-state index is 12.6. The normalized spacial score (nSPS) is 17.7. The number of sulfonamides is 1. The molecule has 1 aliphatic heterocycles. The molecule has 2 rings (SSSR count).